The van der Waals surface area contributed by atoms with Crippen LogP contribution in [0.2, 0.25) is 0 Å². The van der Waals surface area contributed by atoms with Crippen molar-refractivity contribution in [3.8, 4) is 0 Å². The van der Waals surface area contributed by atoms with E-state index in [1.54, 1.807) is 0 Å². The van der Waals surface area contributed by atoms with Crippen LogP contribution in [-0.4, -0.2) is 12.6 Å². The second-order valence-electron chi connectivity index (χ2n) is 5.49. The molecule has 0 fully saturated rings. The zero-order chi connectivity index (χ0) is 12.0. The Kier molecular flexibility index (Phi) is 5.01. The van der Waals surface area contributed by atoms with Crippen LogP contribution in [0, 0.1) is 5.41 Å². The Morgan fingerprint density at radius 2 is 1.81 bits per heavy atom. The predicted molar refractivity (Wildman–Crippen MR) is 71.7 cm³/mol. The summed E-state index contributed by atoms with van der Waals surface area (Å²) in [7, 11) is 0. The summed E-state index contributed by atoms with van der Waals surface area (Å²) >= 11 is 0. The van der Waals surface area contributed by atoms with Crippen LogP contribution in [0.4, 0.5) is 0 Å². The summed E-state index contributed by atoms with van der Waals surface area (Å²) in [5.74, 6) is 0. The first-order valence-electron chi connectivity index (χ1n) is 6.31. The maximum absolute atomic E-state index is 3.62. The lowest BCUT2D eigenvalue weighted by molar-refractivity contribution is 0.312. The molecule has 0 spiro atoms. The molecule has 1 nitrogen and oxygen atoms in total. The van der Waals surface area contributed by atoms with Crippen molar-refractivity contribution in [3.63, 3.8) is 0 Å². The fourth-order valence-electron chi connectivity index (χ4n) is 1.62. The predicted octanol–water partition coefficient (Wildman–Crippen LogP) is 3.64. The van der Waals surface area contributed by atoms with Crippen molar-refractivity contribution >= 4 is 0 Å². The number of hydrogen-bond donors (Lipinski definition) is 1. The standard InChI is InChI=1S/C15H25N/c1-5-15(3,4)12-16-13(2)11-14-9-7-6-8-10-14/h6-10,13,16H,5,11-12H2,1-4H3. The van der Waals surface area contributed by atoms with Gasteiger partial charge in [-0.1, -0.05) is 51.1 Å². The number of nitrogens with one attached hydrogen (secondary N) is 1. The second-order valence-corrected chi connectivity index (χ2v) is 5.49. The van der Waals surface area contributed by atoms with Crippen LogP contribution in [0.1, 0.15) is 39.7 Å². The molecule has 1 rings (SSSR count). The Morgan fingerprint density at radius 1 is 1.19 bits per heavy atom. The summed E-state index contributed by atoms with van der Waals surface area (Å²) in [5, 5.41) is 3.62. The Bertz CT molecular complexity index is 290. The van der Waals surface area contributed by atoms with E-state index < -0.39 is 0 Å². The molecule has 1 atom stereocenters. The van der Waals surface area contributed by atoms with Crippen molar-refractivity contribution in [1.29, 1.82) is 0 Å². The monoisotopic (exact) mass is 219 g/mol. The summed E-state index contributed by atoms with van der Waals surface area (Å²) in [4.78, 5) is 0. The third-order valence-electron chi connectivity index (χ3n) is 3.27. The van der Waals surface area contributed by atoms with Crippen LogP contribution in [-0.2, 0) is 6.42 Å². The SMILES string of the molecule is CCC(C)(C)CNC(C)Cc1ccccc1. The van der Waals surface area contributed by atoms with Crippen LogP contribution in [0.5, 0.6) is 0 Å². The highest BCUT2D eigenvalue weighted by Gasteiger charge is 2.15. The van der Waals surface area contributed by atoms with Crippen LogP contribution in [0.3, 0.4) is 0 Å². The van der Waals surface area contributed by atoms with Gasteiger partial charge in [-0.05, 0) is 30.7 Å². The van der Waals surface area contributed by atoms with Gasteiger partial charge < -0.3 is 5.32 Å². The number of rotatable bonds is 6. The highest BCUT2D eigenvalue weighted by atomic mass is 14.9. The van der Waals surface area contributed by atoms with E-state index in [-0.39, 0.29) is 0 Å². The maximum Gasteiger partial charge on any atom is 0.00793 e. The van der Waals surface area contributed by atoms with E-state index >= 15 is 0 Å². The van der Waals surface area contributed by atoms with Crippen LogP contribution in [0.25, 0.3) is 0 Å². The molecule has 1 heteroatoms. The first kappa shape index (κ1) is 13.2. The summed E-state index contributed by atoms with van der Waals surface area (Å²) in [5.41, 5.74) is 1.82. The minimum Gasteiger partial charge on any atom is -0.313 e. The molecular weight excluding hydrogens is 194 g/mol. The third kappa shape index (κ3) is 4.80. The summed E-state index contributed by atoms with van der Waals surface area (Å²) in [6.07, 6.45) is 2.33. The van der Waals surface area contributed by atoms with Crippen molar-refractivity contribution < 1.29 is 0 Å². The molecule has 0 radical (unpaired) electrons. The minimum atomic E-state index is 0.408. The molecule has 1 aromatic rings. The molecule has 1 N–H and O–H groups in total. The maximum atomic E-state index is 3.62. The van der Waals surface area contributed by atoms with Gasteiger partial charge in [0.2, 0.25) is 0 Å². The fourth-order valence-corrected chi connectivity index (χ4v) is 1.62. The summed E-state index contributed by atoms with van der Waals surface area (Å²) in [6.45, 7) is 10.2. The van der Waals surface area contributed by atoms with Crippen molar-refractivity contribution in [1.82, 2.24) is 5.32 Å². The average molecular weight is 219 g/mol. The summed E-state index contributed by atoms with van der Waals surface area (Å²) in [6, 6.07) is 11.2. The van der Waals surface area contributed by atoms with E-state index in [2.05, 4.69) is 63.3 Å². The average Bonchev–Trinajstić information content (AvgIpc) is 2.28. The second kappa shape index (κ2) is 6.05. The van der Waals surface area contributed by atoms with Crippen molar-refractivity contribution in [2.45, 2.75) is 46.6 Å². The van der Waals surface area contributed by atoms with Crippen molar-refractivity contribution in [3.05, 3.63) is 35.9 Å². The molecule has 16 heavy (non-hydrogen) atoms. The van der Waals surface area contributed by atoms with E-state index in [1.165, 1.54) is 12.0 Å². The van der Waals surface area contributed by atoms with Gasteiger partial charge in [-0.15, -0.1) is 0 Å². The molecule has 0 heterocycles. The molecule has 0 aromatic heterocycles. The lowest BCUT2D eigenvalue weighted by Crippen LogP contribution is -2.36. The van der Waals surface area contributed by atoms with Crippen LogP contribution >= 0.6 is 0 Å². The molecule has 0 saturated heterocycles. The van der Waals surface area contributed by atoms with E-state index in [9.17, 15) is 0 Å². The van der Waals surface area contributed by atoms with E-state index in [4.69, 9.17) is 0 Å². The Labute approximate surface area is 100 Å². The fraction of sp³-hybridized carbons (Fsp3) is 0.600. The van der Waals surface area contributed by atoms with Crippen molar-refractivity contribution in [2.75, 3.05) is 6.54 Å². The molecule has 90 valence electrons. The van der Waals surface area contributed by atoms with Gasteiger partial charge in [0.15, 0.2) is 0 Å². The smallest absolute Gasteiger partial charge is 0.00793 e. The largest absolute Gasteiger partial charge is 0.313 e. The van der Waals surface area contributed by atoms with E-state index in [1.807, 2.05) is 0 Å². The number of benzene rings is 1. The highest BCUT2D eigenvalue weighted by molar-refractivity contribution is 5.15. The lowest BCUT2D eigenvalue weighted by atomic mass is 9.90. The zero-order valence-electron chi connectivity index (χ0n) is 11.1. The lowest BCUT2D eigenvalue weighted by Gasteiger charge is -2.25. The first-order chi connectivity index (χ1) is 7.53. The van der Waals surface area contributed by atoms with Gasteiger partial charge in [0.05, 0.1) is 0 Å². The minimum absolute atomic E-state index is 0.408. The molecule has 0 saturated carbocycles. The van der Waals surface area contributed by atoms with E-state index in [0.717, 1.165) is 13.0 Å². The van der Waals surface area contributed by atoms with Gasteiger partial charge >= 0.3 is 0 Å². The molecule has 1 unspecified atom stereocenters. The Balaban J connectivity index is 2.34. The molecule has 0 amide bonds. The van der Waals surface area contributed by atoms with Gasteiger partial charge in [-0.2, -0.15) is 0 Å². The van der Waals surface area contributed by atoms with Gasteiger partial charge in [0, 0.05) is 12.6 Å². The molecular formula is C15H25N. The van der Waals surface area contributed by atoms with Gasteiger partial charge in [0.1, 0.15) is 0 Å². The molecule has 0 bridgehead atoms. The quantitative estimate of drug-likeness (QED) is 0.770. The van der Waals surface area contributed by atoms with Crippen LogP contribution < -0.4 is 5.32 Å². The normalized spacial score (nSPS) is 13.8. The third-order valence-corrected chi connectivity index (χ3v) is 3.27. The zero-order valence-corrected chi connectivity index (χ0v) is 11.1. The van der Waals surface area contributed by atoms with Gasteiger partial charge in [-0.25, -0.2) is 0 Å². The number of hydrogen-bond acceptors (Lipinski definition) is 1. The van der Waals surface area contributed by atoms with Gasteiger partial charge in [0.25, 0.3) is 0 Å². The molecule has 0 aliphatic heterocycles. The molecule has 0 aliphatic rings. The van der Waals surface area contributed by atoms with E-state index in [0.29, 0.717) is 11.5 Å². The Morgan fingerprint density at radius 3 is 2.38 bits per heavy atom. The van der Waals surface area contributed by atoms with Crippen LogP contribution in [0.15, 0.2) is 30.3 Å². The topological polar surface area (TPSA) is 12.0 Å². The van der Waals surface area contributed by atoms with Gasteiger partial charge in [-0.3, -0.25) is 0 Å². The molecule has 1 aromatic carbocycles. The highest BCUT2D eigenvalue weighted by Crippen LogP contribution is 2.18. The first-order valence-corrected chi connectivity index (χ1v) is 6.31. The molecule has 0 aliphatic carbocycles. The summed E-state index contributed by atoms with van der Waals surface area (Å²) < 4.78 is 0. The Hall–Kier alpha value is -0.820. The van der Waals surface area contributed by atoms with Crippen molar-refractivity contribution in [2.24, 2.45) is 5.41 Å².